The molecule has 1 aromatic carbocycles. The van der Waals surface area contributed by atoms with Crippen LogP contribution in [0.25, 0.3) is 0 Å². The first kappa shape index (κ1) is 32.2. The first-order chi connectivity index (χ1) is 18.3. The maximum atomic E-state index is 13.5. The second kappa shape index (κ2) is 14.9. The molecule has 1 aliphatic heterocycles. The van der Waals surface area contributed by atoms with Crippen molar-refractivity contribution in [1.29, 1.82) is 0 Å². The lowest BCUT2D eigenvalue weighted by Gasteiger charge is -2.33. The minimum absolute atomic E-state index is 0.105. The van der Waals surface area contributed by atoms with Crippen molar-refractivity contribution in [3.05, 3.63) is 35.9 Å². The normalized spacial score (nSPS) is 17.3. The topological polar surface area (TPSA) is 96.3 Å². The predicted octanol–water partition coefficient (Wildman–Crippen LogP) is 5.54. The molecule has 3 atom stereocenters. The summed E-state index contributed by atoms with van der Waals surface area (Å²) >= 11 is 0. The molecule has 0 aliphatic carbocycles. The Hall–Kier alpha value is -3.03. The smallest absolute Gasteiger partial charge is 0.433 e. The van der Waals surface area contributed by atoms with E-state index in [0.717, 1.165) is 18.4 Å². The lowest BCUT2D eigenvalue weighted by atomic mass is 9.79. The van der Waals surface area contributed by atoms with Gasteiger partial charge in [-0.1, -0.05) is 78.3 Å². The van der Waals surface area contributed by atoms with Gasteiger partial charge in [-0.2, -0.15) is 4.99 Å². The van der Waals surface area contributed by atoms with E-state index in [1.54, 1.807) is 16.8 Å². The minimum atomic E-state index is -0.749. The Labute approximate surface area is 234 Å². The van der Waals surface area contributed by atoms with E-state index in [-0.39, 0.29) is 30.1 Å². The van der Waals surface area contributed by atoms with Crippen LogP contribution in [0.4, 0.5) is 4.79 Å². The summed E-state index contributed by atoms with van der Waals surface area (Å²) in [6.07, 6.45) is 3.85. The zero-order chi connectivity index (χ0) is 29.2. The van der Waals surface area contributed by atoms with Crippen LogP contribution in [-0.2, 0) is 25.7 Å². The van der Waals surface area contributed by atoms with Crippen LogP contribution in [0.3, 0.4) is 0 Å². The molecular weight excluding hydrogens is 494 g/mol. The monoisotopic (exact) mass is 541 g/mol. The number of nitrogens with zero attached hydrogens (tertiary/aromatic N) is 3. The van der Waals surface area contributed by atoms with Gasteiger partial charge in [0.2, 0.25) is 11.8 Å². The third-order valence-corrected chi connectivity index (χ3v) is 7.04. The number of likely N-dealkylation sites (N-methyl/N-ethyl adjacent to an activating group) is 1. The van der Waals surface area contributed by atoms with Gasteiger partial charge in [0.25, 0.3) is 0 Å². The van der Waals surface area contributed by atoms with Crippen molar-refractivity contribution < 1.29 is 23.9 Å². The van der Waals surface area contributed by atoms with Crippen LogP contribution in [0.2, 0.25) is 0 Å². The van der Waals surface area contributed by atoms with E-state index in [1.165, 1.54) is 6.21 Å². The molecular formula is C31H47N3O5. The fourth-order valence-electron chi connectivity index (χ4n) is 5.10. The number of aliphatic imine (C=N–C) groups is 1. The van der Waals surface area contributed by atoms with Gasteiger partial charge in [-0.05, 0) is 37.2 Å². The highest BCUT2D eigenvalue weighted by molar-refractivity contribution is 5.98. The molecule has 216 valence electrons. The molecule has 8 heteroatoms. The number of rotatable bonds is 12. The van der Waals surface area contributed by atoms with Crippen LogP contribution < -0.4 is 0 Å². The number of Topliss-reactive ketones (excluding diaryl/α,β-unsaturated/α-hetero) is 1. The number of benzene rings is 1. The Morgan fingerprint density at radius 2 is 1.82 bits per heavy atom. The Balaban J connectivity index is 2.08. The van der Waals surface area contributed by atoms with Gasteiger partial charge in [0.05, 0.1) is 5.92 Å². The number of amides is 3. The van der Waals surface area contributed by atoms with E-state index in [1.807, 2.05) is 58.0 Å². The van der Waals surface area contributed by atoms with Crippen LogP contribution in [0, 0.1) is 23.2 Å². The van der Waals surface area contributed by atoms with Crippen LogP contribution in [0.15, 0.2) is 35.3 Å². The van der Waals surface area contributed by atoms with Crippen LogP contribution >= 0.6 is 0 Å². The van der Waals surface area contributed by atoms with Crippen molar-refractivity contribution in [2.45, 2.75) is 86.3 Å². The molecule has 1 aliphatic rings. The Morgan fingerprint density at radius 1 is 1.15 bits per heavy atom. The zero-order valence-electron chi connectivity index (χ0n) is 24.8. The van der Waals surface area contributed by atoms with Crippen molar-refractivity contribution in [2.75, 3.05) is 20.1 Å². The minimum Gasteiger partial charge on any atom is -0.443 e. The van der Waals surface area contributed by atoms with Crippen LogP contribution in [0.1, 0.15) is 79.2 Å². The molecule has 1 fully saturated rings. The average molecular weight is 542 g/mol. The van der Waals surface area contributed by atoms with Crippen molar-refractivity contribution in [3.63, 3.8) is 0 Å². The molecule has 1 saturated heterocycles. The molecule has 3 amide bonds. The molecule has 0 saturated carbocycles. The number of ketones is 1. The highest BCUT2D eigenvalue weighted by Gasteiger charge is 2.39. The second-order valence-corrected chi connectivity index (χ2v) is 12.1. The molecule has 1 aromatic rings. The number of hydrogen-bond acceptors (Lipinski definition) is 5. The lowest BCUT2D eigenvalue weighted by molar-refractivity contribution is -0.145. The lowest BCUT2D eigenvalue weighted by Crippen LogP contribution is -2.50. The SMILES string of the molecule is CCC[C@H](/C=N/C(=O)OCc1ccccc1)C(=O)N1CCC[C@H]1C(=O)N(C)C[C@H](CC(C)C)C(=O)C(C)(C)C. The number of carbonyl (C=O) groups excluding carboxylic acids is 4. The molecule has 0 N–H and O–H groups in total. The summed E-state index contributed by atoms with van der Waals surface area (Å²) in [6.45, 7) is 12.8. The number of ether oxygens (including phenoxy) is 1. The fraction of sp³-hybridized carbons (Fsp3) is 0.645. The van der Waals surface area contributed by atoms with Gasteiger partial charge >= 0.3 is 6.09 Å². The number of hydrogen-bond donors (Lipinski definition) is 0. The van der Waals surface area contributed by atoms with E-state index < -0.39 is 23.5 Å². The van der Waals surface area contributed by atoms with Crippen LogP contribution in [0.5, 0.6) is 0 Å². The third kappa shape index (κ3) is 9.90. The first-order valence-corrected chi connectivity index (χ1v) is 14.2. The molecule has 0 aromatic heterocycles. The predicted molar refractivity (Wildman–Crippen MR) is 153 cm³/mol. The summed E-state index contributed by atoms with van der Waals surface area (Å²) in [4.78, 5) is 59.5. The average Bonchev–Trinajstić information content (AvgIpc) is 3.37. The standard InChI is InChI=1S/C31H47N3O5/c1-8-13-24(19-32-30(38)39-21-23-14-10-9-11-15-23)28(36)34-17-12-16-26(34)29(37)33(7)20-25(18-22(2)3)27(35)31(4,5)6/h9-11,14-15,19,22,24-26H,8,12-13,16-18,20-21H2,1-7H3/b32-19+/t24-,25+,26+/m1/s1. The van der Waals surface area contributed by atoms with Gasteiger partial charge in [-0.25, -0.2) is 4.79 Å². The van der Waals surface area contributed by atoms with Crippen molar-refractivity contribution in [2.24, 2.45) is 28.2 Å². The van der Waals surface area contributed by atoms with E-state index in [4.69, 9.17) is 4.74 Å². The van der Waals surface area contributed by atoms with E-state index in [2.05, 4.69) is 18.8 Å². The van der Waals surface area contributed by atoms with E-state index >= 15 is 0 Å². The van der Waals surface area contributed by atoms with Gasteiger partial charge < -0.3 is 14.5 Å². The van der Waals surface area contributed by atoms with Crippen molar-refractivity contribution in [3.8, 4) is 0 Å². The third-order valence-electron chi connectivity index (χ3n) is 7.04. The highest BCUT2D eigenvalue weighted by Crippen LogP contribution is 2.27. The quantitative estimate of drug-likeness (QED) is 0.324. The molecule has 0 unspecified atom stereocenters. The molecule has 39 heavy (non-hydrogen) atoms. The number of likely N-dealkylation sites (tertiary alicyclic amines) is 1. The van der Waals surface area contributed by atoms with Gasteiger partial charge in [-0.15, -0.1) is 0 Å². The second-order valence-electron chi connectivity index (χ2n) is 12.1. The Bertz CT molecular complexity index is 999. The van der Waals surface area contributed by atoms with Gasteiger partial charge in [-0.3, -0.25) is 14.4 Å². The van der Waals surface area contributed by atoms with Crippen LogP contribution in [-0.4, -0.2) is 65.9 Å². The fourth-order valence-corrected chi connectivity index (χ4v) is 5.10. The van der Waals surface area contributed by atoms with E-state index in [0.29, 0.717) is 38.3 Å². The Kier molecular flexibility index (Phi) is 12.3. The molecule has 0 spiro atoms. The first-order valence-electron chi connectivity index (χ1n) is 14.2. The largest absolute Gasteiger partial charge is 0.443 e. The van der Waals surface area contributed by atoms with Gasteiger partial charge in [0.1, 0.15) is 18.4 Å². The molecule has 2 rings (SSSR count). The Morgan fingerprint density at radius 3 is 2.41 bits per heavy atom. The highest BCUT2D eigenvalue weighted by atomic mass is 16.5. The maximum Gasteiger partial charge on any atom is 0.433 e. The van der Waals surface area contributed by atoms with Crippen molar-refractivity contribution >= 4 is 29.9 Å². The molecule has 1 heterocycles. The summed E-state index contributed by atoms with van der Waals surface area (Å²) < 4.78 is 5.21. The summed E-state index contributed by atoms with van der Waals surface area (Å²) in [5, 5.41) is 0. The summed E-state index contributed by atoms with van der Waals surface area (Å²) in [5.74, 6) is -0.757. The van der Waals surface area contributed by atoms with Crippen molar-refractivity contribution in [1.82, 2.24) is 9.80 Å². The van der Waals surface area contributed by atoms with Gasteiger partial charge in [0.15, 0.2) is 0 Å². The number of carbonyl (C=O) groups is 4. The molecule has 8 nitrogen and oxygen atoms in total. The summed E-state index contributed by atoms with van der Waals surface area (Å²) in [5.41, 5.74) is 0.359. The maximum absolute atomic E-state index is 13.5. The summed E-state index contributed by atoms with van der Waals surface area (Å²) in [6, 6.07) is 8.73. The molecule has 0 radical (unpaired) electrons. The van der Waals surface area contributed by atoms with Gasteiger partial charge in [0, 0.05) is 37.7 Å². The molecule has 0 bridgehead atoms. The summed E-state index contributed by atoms with van der Waals surface area (Å²) in [7, 11) is 1.72. The van der Waals surface area contributed by atoms with E-state index in [9.17, 15) is 19.2 Å². The zero-order valence-corrected chi connectivity index (χ0v) is 24.8.